The van der Waals surface area contributed by atoms with Gasteiger partial charge in [0.05, 0.1) is 30.1 Å². The van der Waals surface area contributed by atoms with Crippen molar-refractivity contribution in [1.82, 2.24) is 9.78 Å². The van der Waals surface area contributed by atoms with Crippen molar-refractivity contribution in [2.24, 2.45) is 0 Å². The van der Waals surface area contributed by atoms with Gasteiger partial charge in [0.2, 0.25) is 0 Å². The van der Waals surface area contributed by atoms with E-state index in [1.807, 2.05) is 10.9 Å². The van der Waals surface area contributed by atoms with Crippen molar-refractivity contribution in [3.63, 3.8) is 0 Å². The number of fused-ring (bicyclic) bond motifs is 2. The lowest BCUT2D eigenvalue weighted by Gasteiger charge is -2.28. The fourth-order valence-electron chi connectivity index (χ4n) is 2.60. The van der Waals surface area contributed by atoms with Crippen molar-refractivity contribution >= 4 is 5.69 Å². The zero-order valence-corrected chi connectivity index (χ0v) is 8.10. The lowest BCUT2D eigenvalue weighted by Crippen LogP contribution is -2.27. The molecule has 2 bridgehead atoms. The second-order valence-corrected chi connectivity index (χ2v) is 4.34. The summed E-state index contributed by atoms with van der Waals surface area (Å²) in [5.41, 5.74) is 6.41. The van der Waals surface area contributed by atoms with Crippen molar-refractivity contribution in [3.8, 4) is 0 Å². The van der Waals surface area contributed by atoms with E-state index < -0.39 is 0 Å². The first kappa shape index (κ1) is 8.29. The van der Waals surface area contributed by atoms with E-state index in [1.165, 1.54) is 12.8 Å². The molecule has 2 atom stereocenters. The van der Waals surface area contributed by atoms with Gasteiger partial charge in [-0.25, -0.2) is 0 Å². The first-order valence-electron chi connectivity index (χ1n) is 5.26. The van der Waals surface area contributed by atoms with Crippen molar-refractivity contribution < 1.29 is 4.74 Å². The average molecular weight is 193 g/mol. The summed E-state index contributed by atoms with van der Waals surface area (Å²) in [4.78, 5) is 0. The zero-order chi connectivity index (χ0) is 9.54. The van der Waals surface area contributed by atoms with Crippen LogP contribution in [0.15, 0.2) is 12.4 Å². The van der Waals surface area contributed by atoms with Gasteiger partial charge >= 0.3 is 0 Å². The number of hydrogen-bond acceptors (Lipinski definition) is 3. The quantitative estimate of drug-likeness (QED) is 0.732. The Balaban J connectivity index is 1.80. The van der Waals surface area contributed by atoms with Gasteiger partial charge in [-0.1, -0.05) is 0 Å². The van der Waals surface area contributed by atoms with Gasteiger partial charge in [0, 0.05) is 6.20 Å². The predicted octanol–water partition coefficient (Wildman–Crippen LogP) is 1.35. The van der Waals surface area contributed by atoms with Gasteiger partial charge in [-0.2, -0.15) is 5.10 Å². The van der Waals surface area contributed by atoms with Crippen LogP contribution >= 0.6 is 0 Å². The number of aromatic nitrogens is 2. The molecule has 4 nitrogen and oxygen atoms in total. The summed E-state index contributed by atoms with van der Waals surface area (Å²) >= 11 is 0. The molecule has 0 amide bonds. The number of rotatable bonds is 1. The highest BCUT2D eigenvalue weighted by Gasteiger charge is 2.35. The minimum Gasteiger partial charge on any atom is -0.396 e. The van der Waals surface area contributed by atoms with E-state index >= 15 is 0 Å². The summed E-state index contributed by atoms with van der Waals surface area (Å²) in [6.07, 6.45) is 9.20. The van der Waals surface area contributed by atoms with Gasteiger partial charge in [-0.3, -0.25) is 4.68 Å². The molecular formula is C10H15N3O. The van der Waals surface area contributed by atoms with Crippen molar-refractivity contribution in [1.29, 1.82) is 0 Å². The molecule has 0 spiro atoms. The van der Waals surface area contributed by atoms with Gasteiger partial charge in [-0.05, 0) is 25.7 Å². The van der Waals surface area contributed by atoms with Crippen LogP contribution in [0.5, 0.6) is 0 Å². The maximum Gasteiger partial charge on any atom is 0.0719 e. The van der Waals surface area contributed by atoms with Crippen molar-refractivity contribution in [2.75, 3.05) is 5.73 Å². The lowest BCUT2D eigenvalue weighted by molar-refractivity contribution is -0.0180. The fourth-order valence-corrected chi connectivity index (χ4v) is 2.60. The zero-order valence-electron chi connectivity index (χ0n) is 8.10. The third kappa shape index (κ3) is 1.30. The molecule has 2 N–H and O–H groups in total. The number of hydrogen-bond donors (Lipinski definition) is 1. The second kappa shape index (κ2) is 2.98. The Bertz CT molecular complexity index is 324. The molecular weight excluding hydrogens is 178 g/mol. The Hall–Kier alpha value is -1.03. The normalized spacial score (nSPS) is 36.1. The Morgan fingerprint density at radius 3 is 2.64 bits per heavy atom. The SMILES string of the molecule is Nc1cnn(C2C[C@@H]3CC[C@@H](C2)O3)c1. The van der Waals surface area contributed by atoms with E-state index in [4.69, 9.17) is 10.5 Å². The number of anilines is 1. The van der Waals surface area contributed by atoms with E-state index in [0.29, 0.717) is 18.2 Å². The molecule has 2 saturated heterocycles. The second-order valence-electron chi connectivity index (χ2n) is 4.34. The first-order chi connectivity index (χ1) is 6.81. The highest BCUT2D eigenvalue weighted by atomic mass is 16.5. The molecule has 0 aromatic carbocycles. The van der Waals surface area contributed by atoms with E-state index in [1.54, 1.807) is 6.20 Å². The summed E-state index contributed by atoms with van der Waals surface area (Å²) in [6.45, 7) is 0. The molecule has 2 aliphatic heterocycles. The van der Waals surface area contributed by atoms with E-state index in [2.05, 4.69) is 5.10 Å². The molecule has 0 aliphatic carbocycles. The maximum absolute atomic E-state index is 5.78. The van der Waals surface area contributed by atoms with Crippen LogP contribution in [0.4, 0.5) is 5.69 Å². The van der Waals surface area contributed by atoms with Crippen molar-refractivity contribution in [3.05, 3.63) is 12.4 Å². The largest absolute Gasteiger partial charge is 0.396 e. The minimum atomic E-state index is 0.462. The molecule has 2 aliphatic rings. The van der Waals surface area contributed by atoms with Crippen LogP contribution in [0.1, 0.15) is 31.7 Å². The molecule has 76 valence electrons. The third-order valence-electron chi connectivity index (χ3n) is 3.26. The standard InChI is InChI=1S/C10H15N3O/c11-7-5-12-13(6-7)8-3-9-1-2-10(4-8)14-9/h5-6,8-10H,1-4,11H2/t9-,10-/m0/s1. The van der Waals surface area contributed by atoms with Crippen LogP contribution < -0.4 is 5.73 Å². The molecule has 0 radical (unpaired) electrons. The molecule has 0 saturated carbocycles. The van der Waals surface area contributed by atoms with E-state index in [-0.39, 0.29) is 0 Å². The van der Waals surface area contributed by atoms with E-state index in [0.717, 1.165) is 18.5 Å². The van der Waals surface area contributed by atoms with Crippen LogP contribution in [0.3, 0.4) is 0 Å². The number of ether oxygens (including phenoxy) is 1. The Labute approximate surface area is 83.0 Å². The summed E-state index contributed by atoms with van der Waals surface area (Å²) in [5.74, 6) is 0. The van der Waals surface area contributed by atoms with Gasteiger partial charge in [0.25, 0.3) is 0 Å². The average Bonchev–Trinajstić information content (AvgIpc) is 2.73. The fraction of sp³-hybridized carbons (Fsp3) is 0.700. The van der Waals surface area contributed by atoms with Gasteiger partial charge in [-0.15, -0.1) is 0 Å². The Morgan fingerprint density at radius 1 is 1.36 bits per heavy atom. The predicted molar refractivity (Wildman–Crippen MR) is 52.8 cm³/mol. The smallest absolute Gasteiger partial charge is 0.0719 e. The van der Waals surface area contributed by atoms with Crippen LogP contribution in [-0.4, -0.2) is 22.0 Å². The third-order valence-corrected chi connectivity index (χ3v) is 3.26. The summed E-state index contributed by atoms with van der Waals surface area (Å²) in [6, 6.07) is 0.499. The van der Waals surface area contributed by atoms with Gasteiger partial charge in [0.15, 0.2) is 0 Å². The minimum absolute atomic E-state index is 0.462. The molecule has 1 aromatic rings. The van der Waals surface area contributed by atoms with Gasteiger partial charge < -0.3 is 10.5 Å². The topological polar surface area (TPSA) is 53.1 Å². The Morgan fingerprint density at radius 2 is 2.07 bits per heavy atom. The molecule has 1 aromatic heterocycles. The monoisotopic (exact) mass is 193 g/mol. The number of nitrogens with zero attached hydrogens (tertiary/aromatic N) is 2. The van der Waals surface area contributed by atoms with Gasteiger partial charge in [0.1, 0.15) is 0 Å². The first-order valence-corrected chi connectivity index (χ1v) is 5.26. The summed E-state index contributed by atoms with van der Waals surface area (Å²) in [5, 5.41) is 4.27. The number of nitrogen functional groups attached to an aromatic ring is 1. The highest BCUT2D eigenvalue weighted by molar-refractivity contribution is 5.30. The molecule has 3 rings (SSSR count). The van der Waals surface area contributed by atoms with Crippen LogP contribution in [0.25, 0.3) is 0 Å². The van der Waals surface area contributed by atoms with Crippen LogP contribution in [-0.2, 0) is 4.74 Å². The molecule has 0 unspecified atom stereocenters. The molecule has 14 heavy (non-hydrogen) atoms. The molecule has 2 fully saturated rings. The lowest BCUT2D eigenvalue weighted by atomic mass is 10.0. The van der Waals surface area contributed by atoms with E-state index in [9.17, 15) is 0 Å². The maximum atomic E-state index is 5.78. The number of nitrogens with two attached hydrogens (primary N) is 1. The summed E-state index contributed by atoms with van der Waals surface area (Å²) < 4.78 is 7.79. The van der Waals surface area contributed by atoms with Crippen molar-refractivity contribution in [2.45, 2.75) is 43.9 Å². The summed E-state index contributed by atoms with van der Waals surface area (Å²) in [7, 11) is 0. The highest BCUT2D eigenvalue weighted by Crippen LogP contribution is 2.38. The van der Waals surface area contributed by atoms with Crippen LogP contribution in [0, 0.1) is 0 Å². The Kier molecular flexibility index (Phi) is 1.77. The van der Waals surface area contributed by atoms with Crippen LogP contribution in [0.2, 0.25) is 0 Å². The molecule has 3 heterocycles. The molecule has 4 heteroatoms.